The van der Waals surface area contributed by atoms with E-state index < -0.39 is 0 Å². The molecule has 1 saturated carbocycles. The summed E-state index contributed by atoms with van der Waals surface area (Å²) in [6.07, 6.45) is 4.85. The molecule has 1 aliphatic rings. The first-order valence-electron chi connectivity index (χ1n) is 6.27. The normalized spacial score (nSPS) is 15.7. The van der Waals surface area contributed by atoms with E-state index in [-0.39, 0.29) is 0 Å². The van der Waals surface area contributed by atoms with E-state index >= 15 is 0 Å². The molecule has 1 N–H and O–H groups in total. The fourth-order valence-corrected chi connectivity index (χ4v) is 2.34. The highest BCUT2D eigenvalue weighted by atomic mass is 32.2. The lowest BCUT2D eigenvalue weighted by molar-refractivity contribution is 0.319. The highest BCUT2D eigenvalue weighted by Gasteiger charge is 2.25. The number of furan rings is 1. The fraction of sp³-hybridized carbons (Fsp3) is 0.692. The molecule has 0 aromatic carbocycles. The number of rotatable bonds is 8. The van der Waals surface area contributed by atoms with Gasteiger partial charge in [-0.2, -0.15) is 11.8 Å². The van der Waals surface area contributed by atoms with Gasteiger partial charge in [0.25, 0.3) is 0 Å². The van der Waals surface area contributed by atoms with Crippen LogP contribution in [0.25, 0.3) is 0 Å². The molecule has 3 nitrogen and oxygen atoms in total. The second-order valence-electron chi connectivity index (χ2n) is 4.69. The zero-order valence-corrected chi connectivity index (χ0v) is 11.6. The zero-order valence-electron chi connectivity index (χ0n) is 10.7. The molecule has 4 heteroatoms. The van der Waals surface area contributed by atoms with Crippen molar-refractivity contribution < 1.29 is 4.42 Å². The molecule has 2 rings (SSSR count). The fourth-order valence-electron chi connectivity index (χ4n) is 1.90. The van der Waals surface area contributed by atoms with E-state index in [2.05, 4.69) is 35.7 Å². The lowest BCUT2D eigenvalue weighted by atomic mass is 10.4. The third-order valence-corrected chi connectivity index (χ3v) is 3.69. The Labute approximate surface area is 108 Å². The summed E-state index contributed by atoms with van der Waals surface area (Å²) in [4.78, 5) is 2.44. The Morgan fingerprint density at radius 2 is 2.18 bits per heavy atom. The molecule has 0 radical (unpaired) electrons. The lowest BCUT2D eigenvalue weighted by Gasteiger charge is -2.15. The number of nitrogens with one attached hydrogen (secondary N) is 1. The van der Waals surface area contributed by atoms with Gasteiger partial charge < -0.3 is 14.6 Å². The molecule has 0 saturated heterocycles. The van der Waals surface area contributed by atoms with Crippen molar-refractivity contribution in [3.63, 3.8) is 0 Å². The molecule has 0 atom stereocenters. The van der Waals surface area contributed by atoms with Crippen molar-refractivity contribution in [2.75, 3.05) is 26.4 Å². The van der Waals surface area contributed by atoms with Gasteiger partial charge in [0.1, 0.15) is 11.5 Å². The van der Waals surface area contributed by atoms with Gasteiger partial charge in [-0.1, -0.05) is 0 Å². The smallest absolute Gasteiger partial charge is 0.118 e. The monoisotopic (exact) mass is 254 g/mol. The molecule has 0 amide bonds. The third kappa shape index (κ3) is 4.37. The van der Waals surface area contributed by atoms with Crippen molar-refractivity contribution >= 4 is 11.8 Å². The maximum absolute atomic E-state index is 5.69. The van der Waals surface area contributed by atoms with Gasteiger partial charge in [-0.05, 0) is 38.3 Å². The van der Waals surface area contributed by atoms with Gasteiger partial charge in [0.15, 0.2) is 0 Å². The molecule has 17 heavy (non-hydrogen) atoms. The molecule has 96 valence electrons. The SMILES string of the molecule is CSCc1ccc(CNCCN(C)C2CC2)o1. The second-order valence-corrected chi connectivity index (χ2v) is 5.56. The van der Waals surface area contributed by atoms with Crippen LogP contribution in [-0.2, 0) is 12.3 Å². The van der Waals surface area contributed by atoms with Gasteiger partial charge in [-0.25, -0.2) is 0 Å². The molecule has 0 bridgehead atoms. The maximum Gasteiger partial charge on any atom is 0.118 e. The topological polar surface area (TPSA) is 28.4 Å². The van der Waals surface area contributed by atoms with Gasteiger partial charge in [-0.15, -0.1) is 0 Å². The van der Waals surface area contributed by atoms with Crippen LogP contribution in [0.1, 0.15) is 24.4 Å². The number of hydrogen-bond acceptors (Lipinski definition) is 4. The highest BCUT2D eigenvalue weighted by Crippen LogP contribution is 2.24. The minimum Gasteiger partial charge on any atom is -0.464 e. The Balaban J connectivity index is 1.60. The van der Waals surface area contributed by atoms with Crippen LogP contribution in [0.4, 0.5) is 0 Å². The minimum atomic E-state index is 0.840. The average Bonchev–Trinajstić information content (AvgIpc) is 3.08. The van der Waals surface area contributed by atoms with E-state index in [0.29, 0.717) is 0 Å². The van der Waals surface area contributed by atoms with Crippen molar-refractivity contribution in [3.8, 4) is 0 Å². The van der Waals surface area contributed by atoms with Gasteiger partial charge >= 0.3 is 0 Å². The highest BCUT2D eigenvalue weighted by molar-refractivity contribution is 7.97. The quantitative estimate of drug-likeness (QED) is 0.721. The predicted molar refractivity (Wildman–Crippen MR) is 73.3 cm³/mol. The van der Waals surface area contributed by atoms with Gasteiger partial charge in [0.05, 0.1) is 12.3 Å². The van der Waals surface area contributed by atoms with Crippen molar-refractivity contribution in [2.24, 2.45) is 0 Å². The lowest BCUT2D eigenvalue weighted by Crippen LogP contribution is -2.30. The summed E-state index contributed by atoms with van der Waals surface area (Å²) in [5, 5.41) is 3.43. The van der Waals surface area contributed by atoms with Crippen LogP contribution in [0.3, 0.4) is 0 Å². The Hall–Kier alpha value is -0.450. The summed E-state index contributed by atoms with van der Waals surface area (Å²) in [5.74, 6) is 3.08. The molecule has 1 fully saturated rings. The summed E-state index contributed by atoms with van der Waals surface area (Å²) in [7, 11) is 2.21. The van der Waals surface area contributed by atoms with E-state index in [1.165, 1.54) is 12.8 Å². The van der Waals surface area contributed by atoms with Crippen LogP contribution in [0.15, 0.2) is 16.5 Å². The molecule has 1 aromatic rings. The molecular formula is C13H22N2OS. The first-order chi connectivity index (χ1) is 8.29. The largest absolute Gasteiger partial charge is 0.464 e. The van der Waals surface area contributed by atoms with Crippen molar-refractivity contribution in [1.29, 1.82) is 0 Å². The number of thioether (sulfide) groups is 1. The van der Waals surface area contributed by atoms with Crippen LogP contribution in [0.2, 0.25) is 0 Å². The molecule has 0 unspecified atom stereocenters. The zero-order chi connectivity index (χ0) is 12.1. The number of nitrogens with zero attached hydrogens (tertiary/aromatic N) is 1. The third-order valence-electron chi connectivity index (χ3n) is 3.11. The minimum absolute atomic E-state index is 0.840. The number of hydrogen-bond donors (Lipinski definition) is 1. The molecular weight excluding hydrogens is 232 g/mol. The molecule has 0 aliphatic heterocycles. The van der Waals surface area contributed by atoms with E-state index in [9.17, 15) is 0 Å². The predicted octanol–water partition coefficient (Wildman–Crippen LogP) is 2.33. The maximum atomic E-state index is 5.69. The standard InChI is InChI=1S/C13H22N2OS/c1-15(11-3-4-11)8-7-14-9-12-5-6-13(16-12)10-17-2/h5-6,11,14H,3-4,7-10H2,1-2H3. The van der Waals surface area contributed by atoms with Gasteiger partial charge in [0.2, 0.25) is 0 Å². The van der Waals surface area contributed by atoms with Crippen LogP contribution >= 0.6 is 11.8 Å². The summed E-state index contributed by atoms with van der Waals surface area (Å²) in [6.45, 7) is 3.00. The van der Waals surface area contributed by atoms with E-state index in [0.717, 1.165) is 42.9 Å². The number of likely N-dealkylation sites (N-methyl/N-ethyl adjacent to an activating group) is 1. The van der Waals surface area contributed by atoms with Crippen molar-refractivity contribution in [3.05, 3.63) is 23.7 Å². The summed E-state index contributed by atoms with van der Waals surface area (Å²) in [6, 6.07) is 5.00. The van der Waals surface area contributed by atoms with Gasteiger partial charge in [0, 0.05) is 19.1 Å². The Kier molecular flexibility index (Phi) is 4.95. The van der Waals surface area contributed by atoms with Gasteiger partial charge in [-0.3, -0.25) is 0 Å². The van der Waals surface area contributed by atoms with E-state index in [1.54, 1.807) is 11.8 Å². The summed E-state index contributed by atoms with van der Waals surface area (Å²) < 4.78 is 5.69. The van der Waals surface area contributed by atoms with E-state index in [1.807, 2.05) is 0 Å². The molecule has 0 spiro atoms. The molecule has 1 heterocycles. The molecule has 1 aliphatic carbocycles. The van der Waals surface area contributed by atoms with Crippen molar-refractivity contribution in [2.45, 2.75) is 31.2 Å². The second kappa shape index (κ2) is 6.47. The Morgan fingerprint density at radius 3 is 2.88 bits per heavy atom. The Morgan fingerprint density at radius 1 is 1.41 bits per heavy atom. The molecule has 1 aromatic heterocycles. The van der Waals surface area contributed by atoms with Crippen LogP contribution < -0.4 is 5.32 Å². The van der Waals surface area contributed by atoms with Crippen molar-refractivity contribution in [1.82, 2.24) is 10.2 Å². The van der Waals surface area contributed by atoms with Crippen LogP contribution in [0.5, 0.6) is 0 Å². The van der Waals surface area contributed by atoms with Crippen LogP contribution in [0, 0.1) is 0 Å². The Bertz CT molecular complexity index is 336. The first kappa shape index (κ1) is 13.0. The summed E-state index contributed by atoms with van der Waals surface area (Å²) in [5.41, 5.74) is 0. The van der Waals surface area contributed by atoms with Crippen LogP contribution in [-0.4, -0.2) is 37.3 Å². The first-order valence-corrected chi connectivity index (χ1v) is 7.66. The average molecular weight is 254 g/mol. The van der Waals surface area contributed by atoms with E-state index in [4.69, 9.17) is 4.42 Å². The summed E-state index contributed by atoms with van der Waals surface area (Å²) >= 11 is 1.79.